The SMILES string of the molecule is C[Si](C)(C)OC(C#N)(C#N)C1CCCCC1. The van der Waals surface area contributed by atoms with Gasteiger partial charge in [-0.25, -0.2) is 0 Å². The molecule has 0 atom stereocenters. The van der Waals surface area contributed by atoms with Crippen molar-refractivity contribution in [1.29, 1.82) is 10.5 Å². The van der Waals surface area contributed by atoms with Crippen LogP contribution < -0.4 is 0 Å². The summed E-state index contributed by atoms with van der Waals surface area (Å²) < 4.78 is 5.88. The van der Waals surface area contributed by atoms with Gasteiger partial charge in [-0.05, 0) is 32.5 Å². The van der Waals surface area contributed by atoms with Crippen molar-refractivity contribution in [3.05, 3.63) is 0 Å². The number of hydrogen-bond donors (Lipinski definition) is 0. The van der Waals surface area contributed by atoms with Gasteiger partial charge in [0.15, 0.2) is 8.32 Å². The second-order valence-electron chi connectivity index (χ2n) is 5.51. The van der Waals surface area contributed by atoms with Gasteiger partial charge in [-0.2, -0.15) is 10.5 Å². The molecular formula is C12H20N2OSi. The van der Waals surface area contributed by atoms with Crippen molar-refractivity contribution in [2.75, 3.05) is 0 Å². The van der Waals surface area contributed by atoms with Crippen LogP contribution in [0.2, 0.25) is 19.6 Å². The highest BCUT2D eigenvalue weighted by Gasteiger charge is 2.44. The lowest BCUT2D eigenvalue weighted by Crippen LogP contribution is -2.46. The van der Waals surface area contributed by atoms with E-state index in [2.05, 4.69) is 12.1 Å². The van der Waals surface area contributed by atoms with Crippen molar-refractivity contribution in [3.63, 3.8) is 0 Å². The van der Waals surface area contributed by atoms with Crippen molar-refractivity contribution < 1.29 is 4.43 Å². The van der Waals surface area contributed by atoms with Crippen LogP contribution in [0.3, 0.4) is 0 Å². The minimum atomic E-state index is -1.86. The number of hydrogen-bond acceptors (Lipinski definition) is 3. The van der Waals surface area contributed by atoms with E-state index in [1.807, 2.05) is 19.6 Å². The fourth-order valence-electron chi connectivity index (χ4n) is 2.33. The fourth-order valence-corrected chi connectivity index (χ4v) is 3.55. The van der Waals surface area contributed by atoms with Crippen LogP contribution in [0.15, 0.2) is 0 Å². The lowest BCUT2D eigenvalue weighted by Gasteiger charge is -2.36. The Kier molecular flexibility index (Phi) is 4.13. The standard InChI is InChI=1S/C12H20N2OSi/c1-16(2,3)15-12(9-13,10-14)11-7-5-4-6-8-11/h11H,4-8H2,1-3H3. The first-order valence-electron chi connectivity index (χ1n) is 5.96. The molecule has 0 aromatic heterocycles. The highest BCUT2D eigenvalue weighted by Crippen LogP contribution is 2.36. The topological polar surface area (TPSA) is 56.8 Å². The van der Waals surface area contributed by atoms with Crippen molar-refractivity contribution >= 4 is 8.32 Å². The summed E-state index contributed by atoms with van der Waals surface area (Å²) in [5.41, 5.74) is -1.19. The molecule has 3 nitrogen and oxygen atoms in total. The Bertz CT molecular complexity index is 301. The zero-order valence-corrected chi connectivity index (χ0v) is 11.4. The van der Waals surface area contributed by atoms with Gasteiger partial charge in [0.25, 0.3) is 0 Å². The van der Waals surface area contributed by atoms with Gasteiger partial charge in [0.1, 0.15) is 12.1 Å². The molecule has 16 heavy (non-hydrogen) atoms. The summed E-state index contributed by atoms with van der Waals surface area (Å²) in [5.74, 6) is 0.1000. The van der Waals surface area contributed by atoms with Crippen molar-refractivity contribution in [3.8, 4) is 12.1 Å². The van der Waals surface area contributed by atoms with Crippen LogP contribution in [0, 0.1) is 28.6 Å². The minimum Gasteiger partial charge on any atom is -0.389 e. The van der Waals surface area contributed by atoms with Crippen LogP contribution in [0.1, 0.15) is 32.1 Å². The van der Waals surface area contributed by atoms with Crippen LogP contribution in [-0.2, 0) is 4.43 Å². The monoisotopic (exact) mass is 236 g/mol. The Morgan fingerprint density at radius 3 is 1.94 bits per heavy atom. The lowest BCUT2D eigenvalue weighted by molar-refractivity contribution is 0.0847. The van der Waals surface area contributed by atoms with Gasteiger partial charge < -0.3 is 4.43 Å². The maximum Gasteiger partial charge on any atom is 0.235 e. The molecule has 4 heteroatoms. The van der Waals surface area contributed by atoms with Gasteiger partial charge in [-0.3, -0.25) is 0 Å². The zero-order valence-electron chi connectivity index (χ0n) is 10.4. The Morgan fingerprint density at radius 1 is 1.06 bits per heavy atom. The molecule has 0 saturated heterocycles. The Labute approximate surface area is 99.2 Å². The largest absolute Gasteiger partial charge is 0.389 e. The van der Waals surface area contributed by atoms with Crippen LogP contribution in [-0.4, -0.2) is 13.9 Å². The van der Waals surface area contributed by atoms with Crippen molar-refractivity contribution in [2.24, 2.45) is 5.92 Å². The summed E-state index contributed by atoms with van der Waals surface area (Å²) in [6.45, 7) is 6.08. The highest BCUT2D eigenvalue weighted by molar-refractivity contribution is 6.69. The second kappa shape index (κ2) is 4.99. The predicted molar refractivity (Wildman–Crippen MR) is 65.0 cm³/mol. The molecule has 1 rings (SSSR count). The Hall–Kier alpha value is -0.843. The maximum absolute atomic E-state index is 9.32. The van der Waals surface area contributed by atoms with E-state index in [1.165, 1.54) is 6.42 Å². The van der Waals surface area contributed by atoms with Gasteiger partial charge >= 0.3 is 0 Å². The summed E-state index contributed by atoms with van der Waals surface area (Å²) in [4.78, 5) is 0. The van der Waals surface area contributed by atoms with Crippen molar-refractivity contribution in [2.45, 2.75) is 57.3 Å². The summed E-state index contributed by atoms with van der Waals surface area (Å²) in [5, 5.41) is 18.6. The lowest BCUT2D eigenvalue weighted by atomic mass is 9.78. The molecule has 1 aliphatic carbocycles. The average molecular weight is 236 g/mol. The third kappa shape index (κ3) is 3.07. The quantitative estimate of drug-likeness (QED) is 0.707. The molecule has 0 aromatic carbocycles. The molecule has 0 amide bonds. The highest BCUT2D eigenvalue weighted by atomic mass is 28.4. The van der Waals surface area contributed by atoms with Crippen LogP contribution in [0.25, 0.3) is 0 Å². The molecule has 88 valence electrons. The first-order valence-corrected chi connectivity index (χ1v) is 9.37. The van der Waals surface area contributed by atoms with E-state index < -0.39 is 13.9 Å². The number of nitrogens with zero attached hydrogens (tertiary/aromatic N) is 2. The van der Waals surface area contributed by atoms with Crippen LogP contribution in [0.5, 0.6) is 0 Å². The zero-order chi connectivity index (χ0) is 12.2. The van der Waals surface area contributed by atoms with E-state index in [9.17, 15) is 10.5 Å². The fraction of sp³-hybridized carbons (Fsp3) is 0.833. The number of rotatable bonds is 3. The van der Waals surface area contributed by atoms with E-state index in [1.54, 1.807) is 0 Å². The van der Waals surface area contributed by atoms with Gasteiger partial charge in [0, 0.05) is 5.92 Å². The summed E-state index contributed by atoms with van der Waals surface area (Å²) in [6, 6.07) is 4.29. The van der Waals surface area contributed by atoms with Gasteiger partial charge in [0.05, 0.1) is 0 Å². The molecule has 1 saturated carbocycles. The summed E-state index contributed by atoms with van der Waals surface area (Å²) >= 11 is 0. The summed E-state index contributed by atoms with van der Waals surface area (Å²) in [7, 11) is -1.86. The smallest absolute Gasteiger partial charge is 0.235 e. The van der Waals surface area contributed by atoms with Gasteiger partial charge in [0.2, 0.25) is 5.60 Å². The van der Waals surface area contributed by atoms with E-state index in [0.717, 1.165) is 25.7 Å². The first kappa shape index (κ1) is 13.2. The van der Waals surface area contributed by atoms with E-state index >= 15 is 0 Å². The molecule has 0 bridgehead atoms. The predicted octanol–water partition coefficient (Wildman–Crippen LogP) is 3.20. The average Bonchev–Trinajstić information content (AvgIpc) is 2.26. The molecule has 0 unspecified atom stereocenters. The molecule has 0 spiro atoms. The molecule has 0 aromatic rings. The van der Waals surface area contributed by atoms with Gasteiger partial charge in [-0.15, -0.1) is 0 Å². The molecule has 1 fully saturated rings. The number of nitriles is 2. The van der Waals surface area contributed by atoms with E-state index in [0.29, 0.717) is 0 Å². The molecule has 1 aliphatic rings. The van der Waals surface area contributed by atoms with Crippen LogP contribution >= 0.6 is 0 Å². The molecule has 0 aliphatic heterocycles. The van der Waals surface area contributed by atoms with E-state index in [4.69, 9.17) is 4.43 Å². The maximum atomic E-state index is 9.32. The third-order valence-electron chi connectivity index (χ3n) is 2.98. The Morgan fingerprint density at radius 2 is 1.56 bits per heavy atom. The molecule has 0 radical (unpaired) electrons. The molecule has 0 N–H and O–H groups in total. The summed E-state index contributed by atoms with van der Waals surface area (Å²) in [6.07, 6.45) is 5.35. The van der Waals surface area contributed by atoms with E-state index in [-0.39, 0.29) is 5.92 Å². The second-order valence-corrected chi connectivity index (χ2v) is 9.94. The molecular weight excluding hydrogens is 216 g/mol. The minimum absolute atomic E-state index is 0.1000. The van der Waals surface area contributed by atoms with Crippen LogP contribution in [0.4, 0.5) is 0 Å². The van der Waals surface area contributed by atoms with Crippen molar-refractivity contribution in [1.82, 2.24) is 0 Å². The Balaban J connectivity index is 2.88. The normalized spacial score (nSPS) is 18.8. The first-order chi connectivity index (χ1) is 7.43. The third-order valence-corrected chi connectivity index (χ3v) is 3.91. The van der Waals surface area contributed by atoms with Gasteiger partial charge in [-0.1, -0.05) is 19.3 Å². The molecule has 0 heterocycles.